The molecular weight excluding hydrogens is 252 g/mol. The van der Waals surface area contributed by atoms with Gasteiger partial charge in [-0.3, -0.25) is 10.1 Å². The number of anilines is 1. The van der Waals surface area contributed by atoms with Crippen molar-refractivity contribution in [3.05, 3.63) is 69.8 Å². The first-order valence-electron chi connectivity index (χ1n) is 6.80. The second-order valence-corrected chi connectivity index (χ2v) is 5.14. The molecule has 1 fully saturated rings. The Morgan fingerprint density at radius 3 is 2.45 bits per heavy atom. The topological polar surface area (TPSA) is 55.2 Å². The molecule has 0 radical (unpaired) electrons. The van der Waals surface area contributed by atoms with E-state index in [4.69, 9.17) is 0 Å². The summed E-state index contributed by atoms with van der Waals surface area (Å²) < 4.78 is 0. The fourth-order valence-electron chi connectivity index (χ4n) is 2.30. The van der Waals surface area contributed by atoms with Gasteiger partial charge in [0.1, 0.15) is 5.69 Å². The molecule has 1 aliphatic carbocycles. The van der Waals surface area contributed by atoms with E-state index in [1.165, 1.54) is 24.5 Å². The number of hydrogen-bond donors (Lipinski definition) is 1. The standard InChI is InChI=1S/C16H16N2O2/c19-18(20)16-4-2-1-3-15(16)17-11-12-5-7-13(8-6-12)14-9-10-14/h1-8,14,17H,9-11H2. The highest BCUT2D eigenvalue weighted by atomic mass is 16.6. The van der Waals surface area contributed by atoms with Crippen LogP contribution in [0.5, 0.6) is 0 Å². The molecule has 0 aromatic heterocycles. The second kappa shape index (κ2) is 5.33. The lowest BCUT2D eigenvalue weighted by molar-refractivity contribution is -0.384. The highest BCUT2D eigenvalue weighted by Crippen LogP contribution is 2.39. The van der Waals surface area contributed by atoms with Crippen molar-refractivity contribution in [2.24, 2.45) is 0 Å². The number of hydrogen-bond acceptors (Lipinski definition) is 3. The molecule has 4 heteroatoms. The Kier molecular flexibility index (Phi) is 3.37. The van der Waals surface area contributed by atoms with Gasteiger partial charge in [0.25, 0.3) is 5.69 Å². The van der Waals surface area contributed by atoms with Crippen molar-refractivity contribution in [3.8, 4) is 0 Å². The van der Waals surface area contributed by atoms with E-state index in [9.17, 15) is 10.1 Å². The molecule has 3 rings (SSSR count). The van der Waals surface area contributed by atoms with E-state index in [0.717, 1.165) is 11.5 Å². The van der Waals surface area contributed by atoms with Crippen LogP contribution in [0.3, 0.4) is 0 Å². The third-order valence-corrected chi connectivity index (χ3v) is 3.61. The third-order valence-electron chi connectivity index (χ3n) is 3.61. The first kappa shape index (κ1) is 12.7. The van der Waals surface area contributed by atoms with Crippen molar-refractivity contribution in [1.82, 2.24) is 0 Å². The molecule has 0 bridgehead atoms. The van der Waals surface area contributed by atoms with E-state index in [0.29, 0.717) is 12.2 Å². The van der Waals surface area contributed by atoms with E-state index in [1.54, 1.807) is 18.2 Å². The molecule has 102 valence electrons. The van der Waals surface area contributed by atoms with Crippen LogP contribution in [0.2, 0.25) is 0 Å². The highest BCUT2D eigenvalue weighted by Gasteiger charge is 2.22. The van der Waals surface area contributed by atoms with E-state index in [2.05, 4.69) is 29.6 Å². The smallest absolute Gasteiger partial charge is 0.292 e. The van der Waals surface area contributed by atoms with Crippen LogP contribution in [0, 0.1) is 10.1 Å². The Morgan fingerprint density at radius 2 is 1.80 bits per heavy atom. The number of nitrogens with one attached hydrogen (secondary N) is 1. The van der Waals surface area contributed by atoms with E-state index >= 15 is 0 Å². The number of para-hydroxylation sites is 2. The van der Waals surface area contributed by atoms with Crippen molar-refractivity contribution in [2.45, 2.75) is 25.3 Å². The lowest BCUT2D eigenvalue weighted by Gasteiger charge is -2.07. The summed E-state index contributed by atoms with van der Waals surface area (Å²) in [5.41, 5.74) is 3.21. The minimum absolute atomic E-state index is 0.113. The summed E-state index contributed by atoms with van der Waals surface area (Å²) in [6.45, 7) is 0.593. The Balaban J connectivity index is 1.68. The molecule has 0 saturated heterocycles. The summed E-state index contributed by atoms with van der Waals surface area (Å²) in [6, 6.07) is 15.2. The summed E-state index contributed by atoms with van der Waals surface area (Å²) in [6.07, 6.45) is 2.60. The molecule has 1 aliphatic rings. The molecule has 2 aromatic rings. The monoisotopic (exact) mass is 268 g/mol. The average molecular weight is 268 g/mol. The zero-order valence-electron chi connectivity index (χ0n) is 11.1. The highest BCUT2D eigenvalue weighted by molar-refractivity contribution is 5.61. The molecule has 0 spiro atoms. The van der Waals surface area contributed by atoms with Crippen LogP contribution in [0.1, 0.15) is 29.9 Å². The van der Waals surface area contributed by atoms with E-state index in [-0.39, 0.29) is 10.6 Å². The summed E-state index contributed by atoms with van der Waals surface area (Å²) in [7, 11) is 0. The van der Waals surface area contributed by atoms with Crippen LogP contribution in [0.15, 0.2) is 48.5 Å². The predicted octanol–water partition coefficient (Wildman–Crippen LogP) is 4.08. The number of nitro groups is 1. The Labute approximate surface area is 117 Å². The Morgan fingerprint density at radius 1 is 1.10 bits per heavy atom. The quantitative estimate of drug-likeness (QED) is 0.656. The van der Waals surface area contributed by atoms with Crippen LogP contribution in [-0.2, 0) is 6.54 Å². The minimum Gasteiger partial charge on any atom is -0.375 e. The van der Waals surface area contributed by atoms with E-state index < -0.39 is 0 Å². The summed E-state index contributed by atoms with van der Waals surface area (Å²) >= 11 is 0. The SMILES string of the molecule is O=[N+]([O-])c1ccccc1NCc1ccc(C2CC2)cc1. The summed E-state index contributed by atoms with van der Waals surface area (Å²) in [5, 5.41) is 14.1. The maximum Gasteiger partial charge on any atom is 0.292 e. The maximum atomic E-state index is 10.9. The van der Waals surface area contributed by atoms with Gasteiger partial charge in [0.05, 0.1) is 4.92 Å². The van der Waals surface area contributed by atoms with Crippen molar-refractivity contribution in [1.29, 1.82) is 0 Å². The van der Waals surface area contributed by atoms with Crippen LogP contribution in [0.25, 0.3) is 0 Å². The molecule has 0 heterocycles. The van der Waals surface area contributed by atoms with Crippen LogP contribution in [-0.4, -0.2) is 4.92 Å². The number of rotatable bonds is 5. The van der Waals surface area contributed by atoms with Crippen LogP contribution >= 0.6 is 0 Å². The van der Waals surface area contributed by atoms with Gasteiger partial charge in [0.15, 0.2) is 0 Å². The lowest BCUT2D eigenvalue weighted by Crippen LogP contribution is -2.02. The first-order chi connectivity index (χ1) is 9.74. The fraction of sp³-hybridized carbons (Fsp3) is 0.250. The Hall–Kier alpha value is -2.36. The number of benzene rings is 2. The van der Waals surface area contributed by atoms with Gasteiger partial charge >= 0.3 is 0 Å². The molecule has 4 nitrogen and oxygen atoms in total. The molecule has 0 atom stereocenters. The van der Waals surface area contributed by atoms with Crippen LogP contribution in [0.4, 0.5) is 11.4 Å². The minimum atomic E-state index is -0.363. The lowest BCUT2D eigenvalue weighted by atomic mass is 10.1. The molecule has 0 unspecified atom stereocenters. The van der Waals surface area contributed by atoms with Gasteiger partial charge in [-0.05, 0) is 36.0 Å². The number of nitrogens with zero attached hydrogens (tertiary/aromatic N) is 1. The van der Waals surface area contributed by atoms with Crippen LogP contribution < -0.4 is 5.32 Å². The van der Waals surface area contributed by atoms with Gasteiger partial charge in [-0.2, -0.15) is 0 Å². The maximum absolute atomic E-state index is 10.9. The fourth-order valence-corrected chi connectivity index (χ4v) is 2.30. The zero-order chi connectivity index (χ0) is 13.9. The normalized spacial score (nSPS) is 14.0. The largest absolute Gasteiger partial charge is 0.375 e. The zero-order valence-corrected chi connectivity index (χ0v) is 11.1. The number of nitro benzene ring substituents is 1. The molecular formula is C16H16N2O2. The van der Waals surface area contributed by atoms with Crippen molar-refractivity contribution in [2.75, 3.05) is 5.32 Å². The first-order valence-corrected chi connectivity index (χ1v) is 6.80. The van der Waals surface area contributed by atoms with Gasteiger partial charge in [-0.25, -0.2) is 0 Å². The summed E-state index contributed by atoms with van der Waals surface area (Å²) in [4.78, 5) is 10.6. The van der Waals surface area contributed by atoms with Crippen molar-refractivity contribution >= 4 is 11.4 Å². The van der Waals surface area contributed by atoms with Gasteiger partial charge in [0.2, 0.25) is 0 Å². The second-order valence-electron chi connectivity index (χ2n) is 5.14. The van der Waals surface area contributed by atoms with Gasteiger partial charge in [0, 0.05) is 12.6 Å². The van der Waals surface area contributed by atoms with Gasteiger partial charge in [-0.1, -0.05) is 36.4 Å². The molecule has 0 aliphatic heterocycles. The third kappa shape index (κ3) is 2.79. The van der Waals surface area contributed by atoms with E-state index in [1.807, 2.05) is 0 Å². The van der Waals surface area contributed by atoms with Crippen molar-refractivity contribution < 1.29 is 4.92 Å². The van der Waals surface area contributed by atoms with Gasteiger partial charge in [-0.15, -0.1) is 0 Å². The molecule has 1 saturated carbocycles. The van der Waals surface area contributed by atoms with Crippen molar-refractivity contribution in [3.63, 3.8) is 0 Å². The van der Waals surface area contributed by atoms with Gasteiger partial charge < -0.3 is 5.32 Å². The molecule has 20 heavy (non-hydrogen) atoms. The summed E-state index contributed by atoms with van der Waals surface area (Å²) in [5.74, 6) is 0.757. The molecule has 1 N–H and O–H groups in total. The average Bonchev–Trinajstić information content (AvgIpc) is 3.30. The molecule has 0 amide bonds. The Bertz CT molecular complexity index is 619. The predicted molar refractivity (Wildman–Crippen MR) is 78.8 cm³/mol. The molecule has 2 aromatic carbocycles.